The minimum atomic E-state index is -4.54. The lowest BCUT2D eigenvalue weighted by molar-refractivity contribution is -0.142. The van der Waals surface area contributed by atoms with Gasteiger partial charge in [0.25, 0.3) is 0 Å². The van der Waals surface area contributed by atoms with Gasteiger partial charge in [-0.2, -0.15) is 23.5 Å². The van der Waals surface area contributed by atoms with Gasteiger partial charge in [-0.3, -0.25) is 5.10 Å². The Bertz CT molecular complexity index is 415. The lowest BCUT2D eigenvalue weighted by Gasteiger charge is -2.17. The van der Waals surface area contributed by atoms with Crippen molar-refractivity contribution in [1.82, 2.24) is 10.2 Å². The van der Waals surface area contributed by atoms with E-state index < -0.39 is 17.3 Å². The lowest BCUT2D eigenvalue weighted by atomic mass is 9.86. The van der Waals surface area contributed by atoms with Crippen molar-refractivity contribution in [2.45, 2.75) is 39.3 Å². The van der Waals surface area contributed by atoms with Crippen LogP contribution in [-0.4, -0.2) is 10.2 Å². The predicted octanol–water partition coefficient (Wildman–Crippen LogP) is 4.02. The van der Waals surface area contributed by atoms with E-state index in [1.54, 1.807) is 0 Å². The van der Waals surface area contributed by atoms with E-state index in [4.69, 9.17) is 5.26 Å². The summed E-state index contributed by atoms with van der Waals surface area (Å²) in [6, 6.07) is 1.81. The molecule has 0 amide bonds. The van der Waals surface area contributed by atoms with Crippen LogP contribution in [0.5, 0.6) is 0 Å². The second-order valence-corrected chi connectivity index (χ2v) is 4.25. The van der Waals surface area contributed by atoms with Gasteiger partial charge >= 0.3 is 6.18 Å². The van der Waals surface area contributed by atoms with Crippen LogP contribution in [-0.2, 0) is 11.6 Å². The van der Waals surface area contributed by atoms with Gasteiger partial charge in [0.2, 0.25) is 0 Å². The minimum absolute atomic E-state index is 0.0152. The minimum Gasteiger partial charge on any atom is -0.272 e. The number of H-pyrrole nitrogens is 1. The van der Waals surface area contributed by atoms with Crippen LogP contribution in [0.4, 0.5) is 13.2 Å². The van der Waals surface area contributed by atoms with E-state index in [9.17, 15) is 13.2 Å². The molecule has 0 fully saturated rings. The molecule has 1 heterocycles. The van der Waals surface area contributed by atoms with E-state index in [1.165, 1.54) is 13.8 Å². The number of alkyl halides is 3. The molecule has 1 aromatic rings. The molecule has 0 radical (unpaired) electrons. The molecule has 0 bridgehead atoms. The van der Waals surface area contributed by atoms with Crippen molar-refractivity contribution in [3.8, 4) is 6.07 Å². The van der Waals surface area contributed by atoms with Crippen molar-refractivity contribution in [3.63, 3.8) is 0 Å². The van der Waals surface area contributed by atoms with E-state index in [2.05, 4.69) is 21.0 Å². The van der Waals surface area contributed by atoms with Crippen LogP contribution in [0.2, 0.25) is 0 Å². The Balaban J connectivity index is 0.00000121. The smallest absolute Gasteiger partial charge is 0.272 e. The molecule has 0 atom stereocenters. The number of nitriles is 1. The third kappa shape index (κ3) is 3.46. The summed E-state index contributed by atoms with van der Waals surface area (Å²) in [6.07, 6.45) is -4.54. The van der Waals surface area contributed by atoms with Gasteiger partial charge in [-0.1, -0.05) is 13.8 Å². The summed E-state index contributed by atoms with van der Waals surface area (Å²) in [6.45, 7) is 6.80. The summed E-state index contributed by atoms with van der Waals surface area (Å²) in [7, 11) is 0. The first kappa shape index (κ1) is 16.0. The molecule has 0 aromatic carbocycles. The molecule has 3 nitrogen and oxygen atoms in total. The number of rotatable bonds is 1. The summed E-state index contributed by atoms with van der Waals surface area (Å²) < 4.78 is 37.6. The van der Waals surface area contributed by atoms with Gasteiger partial charge in [0.15, 0.2) is 0 Å². The average Bonchev–Trinajstić information content (AvgIpc) is 2.63. The molecule has 1 rings (SSSR count). The Morgan fingerprint density at radius 1 is 1.29 bits per heavy atom. The highest BCUT2D eigenvalue weighted by molar-refractivity contribution is 9.10. The molecule has 0 unspecified atom stereocenters. The molecule has 0 saturated carbocycles. The number of hydrogen-bond acceptors (Lipinski definition) is 2. The van der Waals surface area contributed by atoms with Crippen LogP contribution in [0, 0.1) is 11.3 Å². The first-order chi connectivity index (χ1) is 7.70. The number of halogens is 4. The topological polar surface area (TPSA) is 52.5 Å². The summed E-state index contributed by atoms with van der Waals surface area (Å²) in [4.78, 5) is 0. The van der Waals surface area contributed by atoms with Crippen LogP contribution >= 0.6 is 15.9 Å². The molecule has 0 spiro atoms. The van der Waals surface area contributed by atoms with Gasteiger partial charge in [0, 0.05) is 5.56 Å². The van der Waals surface area contributed by atoms with Gasteiger partial charge in [-0.25, -0.2) is 0 Å². The third-order valence-electron chi connectivity index (χ3n) is 1.91. The quantitative estimate of drug-likeness (QED) is 0.851. The summed E-state index contributed by atoms with van der Waals surface area (Å²) >= 11 is 2.89. The number of nitrogens with one attached hydrogen (secondary N) is 1. The average molecular weight is 312 g/mol. The second-order valence-electron chi connectivity index (χ2n) is 3.50. The number of hydrogen-bond donors (Lipinski definition) is 1. The van der Waals surface area contributed by atoms with Crippen molar-refractivity contribution in [2.75, 3.05) is 0 Å². The summed E-state index contributed by atoms with van der Waals surface area (Å²) in [5.41, 5.74) is -2.41. The maximum atomic E-state index is 12.5. The highest BCUT2D eigenvalue weighted by Crippen LogP contribution is 2.39. The normalized spacial score (nSPS) is 11.5. The van der Waals surface area contributed by atoms with E-state index in [1.807, 2.05) is 25.0 Å². The van der Waals surface area contributed by atoms with Gasteiger partial charge in [0.1, 0.15) is 10.3 Å². The molecule has 1 aromatic heterocycles. The van der Waals surface area contributed by atoms with Crippen LogP contribution < -0.4 is 0 Å². The summed E-state index contributed by atoms with van der Waals surface area (Å²) in [5.74, 6) is 0. The van der Waals surface area contributed by atoms with Crippen LogP contribution in [0.25, 0.3) is 0 Å². The van der Waals surface area contributed by atoms with Crippen molar-refractivity contribution < 1.29 is 13.2 Å². The standard InChI is InChI=1S/C8H7BrF3N3.C2H6/c1-7(2,3-13)4-5(8(10,11)12)14-15-6(4)9;1-2/h1-2H3,(H,14,15);1-2H3. The van der Waals surface area contributed by atoms with Crippen molar-refractivity contribution in [3.05, 3.63) is 15.9 Å². The van der Waals surface area contributed by atoms with Crippen LogP contribution in [0.3, 0.4) is 0 Å². The SMILES string of the molecule is CC.CC(C)(C#N)c1c(Br)n[nH]c1C(F)(F)F. The number of aromatic amines is 1. The summed E-state index contributed by atoms with van der Waals surface area (Å²) in [5, 5.41) is 14.1. The molecule has 7 heteroatoms. The molecule has 0 saturated heterocycles. The Labute approximate surface area is 106 Å². The van der Waals surface area contributed by atoms with Crippen molar-refractivity contribution >= 4 is 15.9 Å². The third-order valence-corrected chi connectivity index (χ3v) is 2.48. The van der Waals surface area contributed by atoms with Crippen LogP contribution in [0.1, 0.15) is 39.0 Å². The molecule has 96 valence electrons. The Morgan fingerprint density at radius 2 is 1.76 bits per heavy atom. The van der Waals surface area contributed by atoms with E-state index >= 15 is 0 Å². The van der Waals surface area contributed by atoms with Crippen LogP contribution in [0.15, 0.2) is 4.60 Å². The molecule has 1 N–H and O–H groups in total. The van der Waals surface area contributed by atoms with Gasteiger partial charge < -0.3 is 0 Å². The molecule has 0 aliphatic carbocycles. The number of aromatic nitrogens is 2. The first-order valence-electron chi connectivity index (χ1n) is 4.93. The highest BCUT2D eigenvalue weighted by atomic mass is 79.9. The monoisotopic (exact) mass is 311 g/mol. The largest absolute Gasteiger partial charge is 0.433 e. The molecular formula is C10H13BrF3N3. The zero-order valence-corrected chi connectivity index (χ0v) is 11.5. The van der Waals surface area contributed by atoms with Crippen molar-refractivity contribution in [1.29, 1.82) is 5.26 Å². The Kier molecular flexibility index (Phi) is 5.20. The van der Waals surface area contributed by atoms with Gasteiger partial charge in [0.05, 0.1) is 11.5 Å². The fourth-order valence-corrected chi connectivity index (χ4v) is 1.93. The Hall–Kier alpha value is -1.03. The zero-order valence-electron chi connectivity index (χ0n) is 9.91. The molecule has 17 heavy (non-hydrogen) atoms. The molecule has 0 aliphatic rings. The van der Waals surface area contributed by atoms with Crippen molar-refractivity contribution in [2.24, 2.45) is 0 Å². The zero-order chi connectivity index (χ0) is 13.9. The fourth-order valence-electron chi connectivity index (χ4n) is 1.15. The first-order valence-corrected chi connectivity index (χ1v) is 5.72. The van der Waals surface area contributed by atoms with Gasteiger partial charge in [-0.05, 0) is 29.8 Å². The lowest BCUT2D eigenvalue weighted by Crippen LogP contribution is -2.20. The predicted molar refractivity (Wildman–Crippen MR) is 61.3 cm³/mol. The highest BCUT2D eigenvalue weighted by Gasteiger charge is 2.41. The Morgan fingerprint density at radius 3 is 2.12 bits per heavy atom. The number of nitrogens with zero attached hydrogens (tertiary/aromatic N) is 2. The van der Waals surface area contributed by atoms with E-state index in [0.717, 1.165) is 0 Å². The van der Waals surface area contributed by atoms with E-state index in [-0.39, 0.29) is 10.2 Å². The molecular weight excluding hydrogens is 299 g/mol. The van der Waals surface area contributed by atoms with E-state index in [0.29, 0.717) is 0 Å². The van der Waals surface area contributed by atoms with Gasteiger partial charge in [-0.15, -0.1) is 0 Å². The molecule has 0 aliphatic heterocycles. The fraction of sp³-hybridized carbons (Fsp3) is 0.600. The maximum absolute atomic E-state index is 12.5. The second kappa shape index (κ2) is 5.54. The maximum Gasteiger partial charge on any atom is 0.433 e.